The molecule has 0 bridgehead atoms. The highest BCUT2D eigenvalue weighted by molar-refractivity contribution is 8.18. The van der Waals surface area contributed by atoms with E-state index in [9.17, 15) is 4.79 Å². The number of amidine groups is 1. The summed E-state index contributed by atoms with van der Waals surface area (Å²) in [5.41, 5.74) is 2.72. The van der Waals surface area contributed by atoms with Crippen molar-refractivity contribution in [3.05, 3.63) is 70.2 Å². The van der Waals surface area contributed by atoms with E-state index in [0.29, 0.717) is 21.6 Å². The molecule has 1 N–H and O–H groups in total. The summed E-state index contributed by atoms with van der Waals surface area (Å²) in [5.74, 6) is 2.49. The van der Waals surface area contributed by atoms with Crippen LogP contribution in [0.1, 0.15) is 5.56 Å². The number of nitrogens with one attached hydrogen (secondary N) is 1. The van der Waals surface area contributed by atoms with Gasteiger partial charge in [-0.25, -0.2) is 4.99 Å². The van der Waals surface area contributed by atoms with Crippen LogP contribution in [0.25, 0.3) is 17.0 Å². The van der Waals surface area contributed by atoms with Crippen LogP contribution in [-0.2, 0) is 11.3 Å². The first kappa shape index (κ1) is 17.5. The summed E-state index contributed by atoms with van der Waals surface area (Å²) in [5, 5.41) is 5.04. The molecule has 1 aliphatic heterocycles. The number of rotatable bonds is 3. The van der Waals surface area contributed by atoms with E-state index in [0.717, 1.165) is 22.2 Å². The van der Waals surface area contributed by atoms with Crippen LogP contribution >= 0.6 is 23.4 Å². The van der Waals surface area contributed by atoms with Gasteiger partial charge < -0.3 is 9.88 Å². The second-order valence-electron chi connectivity index (χ2n) is 5.89. The normalized spacial score (nSPS) is 16.8. The number of amides is 1. The van der Waals surface area contributed by atoms with Gasteiger partial charge in [-0.3, -0.25) is 4.79 Å². The Hall–Kier alpha value is -2.94. The molecule has 1 amide bonds. The number of para-hydroxylation sites is 1. The molecule has 2 aromatic carbocycles. The van der Waals surface area contributed by atoms with Crippen LogP contribution < -0.4 is 5.32 Å². The minimum absolute atomic E-state index is 0.165. The third kappa shape index (κ3) is 3.63. The lowest BCUT2D eigenvalue weighted by Gasteiger charge is -1.97. The molecule has 132 valence electrons. The van der Waals surface area contributed by atoms with Gasteiger partial charge in [-0.1, -0.05) is 35.7 Å². The number of benzene rings is 2. The molecule has 6 heteroatoms. The minimum Gasteiger partial charge on any atom is -0.335 e. The van der Waals surface area contributed by atoms with Crippen molar-refractivity contribution in [3.8, 4) is 12.3 Å². The van der Waals surface area contributed by atoms with E-state index in [2.05, 4.69) is 16.2 Å². The fourth-order valence-corrected chi connectivity index (χ4v) is 3.83. The SMILES string of the molecule is C#CCn1cc(/C=C2\SC(=Nc3ccc(Cl)cc3)NC2=O)c2ccccc21. The fourth-order valence-electron chi connectivity index (χ4n) is 2.87. The van der Waals surface area contributed by atoms with Gasteiger partial charge >= 0.3 is 0 Å². The smallest absolute Gasteiger partial charge is 0.264 e. The number of fused-ring (bicyclic) bond motifs is 1. The van der Waals surface area contributed by atoms with Gasteiger partial charge in [0.05, 0.1) is 17.1 Å². The van der Waals surface area contributed by atoms with E-state index < -0.39 is 0 Å². The van der Waals surface area contributed by atoms with Crippen molar-refractivity contribution in [2.45, 2.75) is 6.54 Å². The third-order valence-corrected chi connectivity index (χ3v) is 5.24. The van der Waals surface area contributed by atoms with Crippen LogP contribution in [0.2, 0.25) is 5.02 Å². The lowest BCUT2D eigenvalue weighted by atomic mass is 10.1. The molecule has 4 nitrogen and oxygen atoms in total. The van der Waals surface area contributed by atoms with E-state index in [-0.39, 0.29) is 5.91 Å². The van der Waals surface area contributed by atoms with E-state index in [1.807, 2.05) is 41.1 Å². The zero-order valence-electron chi connectivity index (χ0n) is 14.1. The summed E-state index contributed by atoms with van der Waals surface area (Å²) in [6.45, 7) is 0.478. The van der Waals surface area contributed by atoms with Crippen molar-refractivity contribution in [1.82, 2.24) is 9.88 Å². The lowest BCUT2D eigenvalue weighted by molar-refractivity contribution is -0.115. The third-order valence-electron chi connectivity index (χ3n) is 4.08. The topological polar surface area (TPSA) is 46.4 Å². The number of halogens is 1. The van der Waals surface area contributed by atoms with E-state index in [4.69, 9.17) is 18.0 Å². The Morgan fingerprint density at radius 1 is 1.22 bits per heavy atom. The van der Waals surface area contributed by atoms with Crippen LogP contribution in [-0.4, -0.2) is 15.6 Å². The molecule has 1 aromatic heterocycles. The molecule has 1 aliphatic rings. The number of carbonyl (C=O) groups excluding carboxylic acids is 1. The highest BCUT2D eigenvalue weighted by Crippen LogP contribution is 2.31. The highest BCUT2D eigenvalue weighted by atomic mass is 35.5. The van der Waals surface area contributed by atoms with Gasteiger partial charge in [0.2, 0.25) is 0 Å². The van der Waals surface area contributed by atoms with E-state index in [1.165, 1.54) is 11.8 Å². The standard InChI is InChI=1S/C21H14ClN3OS/c1-2-11-25-13-14(17-5-3-4-6-18(17)25)12-19-20(26)24-21(27-19)23-16-9-7-15(22)8-10-16/h1,3-10,12-13H,11H2,(H,23,24,26)/b19-12-. The first-order chi connectivity index (χ1) is 13.1. The molecule has 0 atom stereocenters. The monoisotopic (exact) mass is 391 g/mol. The number of aliphatic imine (C=N–C) groups is 1. The maximum atomic E-state index is 12.4. The van der Waals surface area contributed by atoms with Gasteiger partial charge in [0.1, 0.15) is 0 Å². The van der Waals surface area contributed by atoms with Gasteiger partial charge in [0.25, 0.3) is 5.91 Å². The predicted octanol–water partition coefficient (Wildman–Crippen LogP) is 4.82. The number of terminal acetylenes is 1. The molecule has 1 saturated heterocycles. The molecule has 0 aliphatic carbocycles. The second-order valence-corrected chi connectivity index (χ2v) is 7.36. The van der Waals surface area contributed by atoms with Gasteiger partial charge in [-0.2, -0.15) is 0 Å². The number of thioether (sulfide) groups is 1. The quantitative estimate of drug-likeness (QED) is 0.514. The van der Waals surface area contributed by atoms with Gasteiger partial charge in [0.15, 0.2) is 5.17 Å². The number of hydrogen-bond donors (Lipinski definition) is 1. The molecule has 2 heterocycles. The Morgan fingerprint density at radius 3 is 2.78 bits per heavy atom. The average Bonchev–Trinajstić information content (AvgIpc) is 3.19. The van der Waals surface area contributed by atoms with Crippen molar-refractivity contribution in [2.75, 3.05) is 0 Å². The van der Waals surface area contributed by atoms with E-state index in [1.54, 1.807) is 24.3 Å². The molecule has 4 rings (SSSR count). The molecule has 27 heavy (non-hydrogen) atoms. The minimum atomic E-state index is -0.165. The van der Waals surface area contributed by atoms with Crippen LogP contribution in [0.4, 0.5) is 5.69 Å². The maximum Gasteiger partial charge on any atom is 0.264 e. The summed E-state index contributed by atoms with van der Waals surface area (Å²) >= 11 is 7.20. The largest absolute Gasteiger partial charge is 0.335 e. The summed E-state index contributed by atoms with van der Waals surface area (Å²) < 4.78 is 2.00. The summed E-state index contributed by atoms with van der Waals surface area (Å²) in [7, 11) is 0. The summed E-state index contributed by atoms with van der Waals surface area (Å²) in [4.78, 5) is 17.4. The molecular weight excluding hydrogens is 378 g/mol. The van der Waals surface area contributed by atoms with Crippen molar-refractivity contribution in [1.29, 1.82) is 0 Å². The molecule has 0 spiro atoms. The molecular formula is C21H14ClN3OS. The second kappa shape index (κ2) is 7.36. The lowest BCUT2D eigenvalue weighted by Crippen LogP contribution is -2.19. The van der Waals surface area contributed by atoms with E-state index >= 15 is 0 Å². The average molecular weight is 392 g/mol. The number of hydrogen-bond acceptors (Lipinski definition) is 3. The number of aromatic nitrogens is 1. The Bertz CT molecular complexity index is 1140. The fraction of sp³-hybridized carbons (Fsp3) is 0.0476. The van der Waals surface area contributed by atoms with Crippen LogP contribution in [0, 0.1) is 12.3 Å². The van der Waals surface area contributed by atoms with Crippen LogP contribution in [0.5, 0.6) is 0 Å². The zero-order valence-corrected chi connectivity index (χ0v) is 15.7. The first-order valence-corrected chi connectivity index (χ1v) is 9.40. The van der Waals surface area contributed by atoms with Gasteiger partial charge in [0, 0.05) is 27.7 Å². The number of carbonyl (C=O) groups is 1. The Morgan fingerprint density at radius 2 is 2.00 bits per heavy atom. The van der Waals surface area contributed by atoms with Gasteiger partial charge in [-0.15, -0.1) is 6.42 Å². The van der Waals surface area contributed by atoms with Gasteiger partial charge in [-0.05, 0) is 48.2 Å². The first-order valence-electron chi connectivity index (χ1n) is 8.20. The molecule has 0 unspecified atom stereocenters. The van der Waals surface area contributed by atoms with Crippen molar-refractivity contribution < 1.29 is 4.79 Å². The Labute approximate surface area is 165 Å². The Balaban J connectivity index is 1.67. The maximum absolute atomic E-state index is 12.4. The van der Waals surface area contributed by atoms with Crippen LogP contribution in [0.15, 0.2) is 64.6 Å². The molecule has 0 radical (unpaired) electrons. The molecule has 1 fully saturated rings. The Kier molecular flexibility index (Phi) is 4.76. The van der Waals surface area contributed by atoms with Crippen molar-refractivity contribution >= 4 is 57.1 Å². The number of nitrogens with zero attached hydrogens (tertiary/aromatic N) is 2. The summed E-state index contributed by atoms with van der Waals surface area (Å²) in [6, 6.07) is 15.1. The zero-order chi connectivity index (χ0) is 18.8. The van der Waals surface area contributed by atoms with Crippen molar-refractivity contribution in [2.24, 2.45) is 4.99 Å². The predicted molar refractivity (Wildman–Crippen MR) is 113 cm³/mol. The highest BCUT2D eigenvalue weighted by Gasteiger charge is 2.24. The van der Waals surface area contributed by atoms with Crippen LogP contribution in [0.3, 0.4) is 0 Å². The van der Waals surface area contributed by atoms with Crippen molar-refractivity contribution in [3.63, 3.8) is 0 Å². The molecule has 0 saturated carbocycles. The molecule has 3 aromatic rings. The summed E-state index contributed by atoms with van der Waals surface area (Å²) in [6.07, 6.45) is 9.32.